The fourth-order valence-corrected chi connectivity index (χ4v) is 3.11. The molecule has 0 saturated carbocycles. The Bertz CT molecular complexity index is 1060. The molecule has 1 aliphatic heterocycles. The zero-order chi connectivity index (χ0) is 21.3. The number of anilines is 1. The third kappa shape index (κ3) is 4.12. The first-order valence-electron chi connectivity index (χ1n) is 10.3. The van der Waals surface area contributed by atoms with E-state index in [-0.39, 0.29) is 11.9 Å². The molecule has 0 unspecified atom stereocenters. The normalized spacial score (nSPS) is 18.0. The highest BCUT2D eigenvalue weighted by Gasteiger charge is 2.17. The fraction of sp³-hybridized carbons (Fsp3) is 0.368. The van der Waals surface area contributed by atoms with E-state index in [1.165, 1.54) is 12.4 Å². The van der Waals surface area contributed by atoms with Crippen molar-refractivity contribution in [3.63, 3.8) is 0 Å². The van der Waals surface area contributed by atoms with Crippen molar-refractivity contribution in [3.8, 4) is 11.1 Å². The third-order valence-electron chi connectivity index (χ3n) is 4.71. The van der Waals surface area contributed by atoms with Crippen LogP contribution in [0.5, 0.6) is 0 Å². The maximum Gasteiger partial charge on any atom is 0.240 e. The molecule has 1 amide bonds. The summed E-state index contributed by atoms with van der Waals surface area (Å²) in [7, 11) is 2.07. The molecule has 4 rings (SSSR count). The average Bonchev–Trinajstić information content (AvgIpc) is 3.20. The van der Waals surface area contributed by atoms with E-state index in [0.29, 0.717) is 17.6 Å². The number of rotatable bonds is 4. The van der Waals surface area contributed by atoms with Gasteiger partial charge in [-0.15, -0.1) is 0 Å². The maximum absolute atomic E-state index is 12.4. The molecule has 0 atom stereocenters. The molecule has 140 valence electrons. The number of hydrogen-bond donors (Lipinski definition) is 1. The molecule has 1 aliphatic rings. The summed E-state index contributed by atoms with van der Waals surface area (Å²) in [4.78, 5) is 25.4. The summed E-state index contributed by atoms with van der Waals surface area (Å²) in [5.41, 5.74) is 2.11. The van der Waals surface area contributed by atoms with Gasteiger partial charge in [0.05, 0.1) is 18.3 Å². The van der Waals surface area contributed by atoms with E-state index in [0.717, 1.165) is 41.8 Å². The van der Waals surface area contributed by atoms with E-state index in [2.05, 4.69) is 37.2 Å². The van der Waals surface area contributed by atoms with Gasteiger partial charge in [0.15, 0.2) is 0 Å². The predicted molar refractivity (Wildman–Crippen MR) is 104 cm³/mol. The van der Waals surface area contributed by atoms with Crippen LogP contribution in [0.15, 0.2) is 36.8 Å². The second-order valence-corrected chi connectivity index (χ2v) is 6.77. The first-order valence-corrected chi connectivity index (χ1v) is 8.81. The van der Waals surface area contributed by atoms with Crippen molar-refractivity contribution in [1.82, 2.24) is 29.5 Å². The molecule has 1 saturated heterocycles. The Morgan fingerprint density at radius 2 is 2.07 bits per heavy atom. The second-order valence-electron chi connectivity index (χ2n) is 6.77. The van der Waals surface area contributed by atoms with Gasteiger partial charge >= 0.3 is 0 Å². The molecule has 0 aliphatic carbocycles. The number of likely N-dealkylation sites (N-methyl/N-ethyl adjacent to an activating group) is 1. The monoisotopic (exact) mass is 368 g/mol. The highest BCUT2D eigenvalue weighted by atomic mass is 16.2. The molecule has 0 bridgehead atoms. The van der Waals surface area contributed by atoms with Crippen molar-refractivity contribution in [2.75, 3.05) is 45.1 Å². The molecule has 1 aromatic carbocycles. The largest absolute Gasteiger partial charge is 0.304 e. The van der Waals surface area contributed by atoms with Gasteiger partial charge in [-0.25, -0.2) is 9.97 Å². The number of fused-ring (bicyclic) bond motifs is 1. The van der Waals surface area contributed by atoms with E-state index in [9.17, 15) is 4.79 Å². The van der Waals surface area contributed by atoms with Crippen LogP contribution in [-0.2, 0) is 11.8 Å². The van der Waals surface area contributed by atoms with Crippen LogP contribution in [0.3, 0.4) is 0 Å². The number of nitrogens with one attached hydrogen (secondary N) is 1. The topological polar surface area (TPSA) is 79.2 Å². The van der Waals surface area contributed by atoms with Crippen molar-refractivity contribution in [3.05, 3.63) is 36.8 Å². The molecule has 1 N–H and O–H groups in total. The predicted octanol–water partition coefficient (Wildman–Crippen LogP) is 1.22. The van der Waals surface area contributed by atoms with E-state index in [1.807, 2.05) is 18.2 Å². The van der Waals surface area contributed by atoms with Gasteiger partial charge in [-0.05, 0) is 18.7 Å². The minimum atomic E-state index is -2.32. The molecule has 0 spiro atoms. The summed E-state index contributed by atoms with van der Waals surface area (Å²) < 4.78 is 23.3. The highest BCUT2D eigenvalue weighted by Crippen LogP contribution is 2.23. The molecule has 0 radical (unpaired) electrons. The lowest BCUT2D eigenvalue weighted by Gasteiger charge is -2.31. The van der Waals surface area contributed by atoms with Crippen LogP contribution in [0.1, 0.15) is 4.11 Å². The second kappa shape index (κ2) is 7.42. The van der Waals surface area contributed by atoms with Crippen LogP contribution in [0.4, 0.5) is 5.95 Å². The number of aryl methyl sites for hydroxylation is 1. The van der Waals surface area contributed by atoms with Gasteiger partial charge in [-0.1, -0.05) is 12.1 Å². The van der Waals surface area contributed by atoms with Crippen molar-refractivity contribution in [2.24, 2.45) is 6.98 Å². The van der Waals surface area contributed by atoms with E-state index in [1.54, 1.807) is 6.20 Å². The first-order chi connectivity index (χ1) is 14.3. The van der Waals surface area contributed by atoms with Crippen LogP contribution in [0.2, 0.25) is 0 Å². The number of carbonyl (C=O) groups is 1. The Balaban J connectivity index is 1.49. The minimum absolute atomic E-state index is 0.144. The Kier molecular flexibility index (Phi) is 3.91. The summed E-state index contributed by atoms with van der Waals surface area (Å²) in [6.45, 7) is 1.59. The molecule has 1 fully saturated rings. The number of piperazine rings is 1. The standard InChI is InChI=1S/C19H23N7O/c1-24-5-7-26(8-6-24)13-18(27)23-19-20-10-15-4-3-14(9-17(15)22-19)16-11-21-25(2)12-16/h3-4,9-12H,5-8,13H2,1-2H3,(H,20,22,23,27)/i2D3. The third-order valence-corrected chi connectivity index (χ3v) is 4.71. The maximum atomic E-state index is 12.4. The SMILES string of the molecule is [2H]C([2H])([2H])n1cc(-c2ccc3cnc(NC(=O)CN4CCN(C)CC4)nc3c2)cn1. The van der Waals surface area contributed by atoms with Crippen LogP contribution < -0.4 is 5.32 Å². The van der Waals surface area contributed by atoms with Crippen LogP contribution in [-0.4, -0.2) is 75.2 Å². The summed E-state index contributed by atoms with van der Waals surface area (Å²) in [5.74, 6) is 0.103. The van der Waals surface area contributed by atoms with Gasteiger partial charge in [0.2, 0.25) is 11.9 Å². The quantitative estimate of drug-likeness (QED) is 0.746. The van der Waals surface area contributed by atoms with E-state index < -0.39 is 6.98 Å². The molecule has 27 heavy (non-hydrogen) atoms. The van der Waals surface area contributed by atoms with Crippen LogP contribution in [0, 0.1) is 0 Å². The molecular weight excluding hydrogens is 342 g/mol. The number of aromatic nitrogens is 4. The molecule has 8 heteroatoms. The Morgan fingerprint density at radius 3 is 2.85 bits per heavy atom. The van der Waals surface area contributed by atoms with E-state index >= 15 is 0 Å². The van der Waals surface area contributed by atoms with Gasteiger partial charge in [0.1, 0.15) is 0 Å². The summed E-state index contributed by atoms with van der Waals surface area (Å²) in [6, 6.07) is 5.54. The number of hydrogen-bond acceptors (Lipinski definition) is 6. The van der Waals surface area contributed by atoms with Gasteiger partial charge < -0.3 is 4.90 Å². The van der Waals surface area contributed by atoms with E-state index in [4.69, 9.17) is 4.11 Å². The highest BCUT2D eigenvalue weighted by molar-refractivity contribution is 5.92. The summed E-state index contributed by atoms with van der Waals surface area (Å²) >= 11 is 0. The van der Waals surface area contributed by atoms with Gasteiger partial charge in [-0.3, -0.25) is 19.7 Å². The zero-order valence-electron chi connectivity index (χ0n) is 18.1. The minimum Gasteiger partial charge on any atom is -0.304 e. The molecule has 3 aromatic rings. The Morgan fingerprint density at radius 1 is 1.22 bits per heavy atom. The van der Waals surface area contributed by atoms with Crippen molar-refractivity contribution >= 4 is 22.8 Å². The lowest BCUT2D eigenvalue weighted by molar-refractivity contribution is -0.117. The number of benzene rings is 1. The van der Waals surface area contributed by atoms with Crippen molar-refractivity contribution in [1.29, 1.82) is 0 Å². The molecule has 3 heterocycles. The smallest absolute Gasteiger partial charge is 0.240 e. The number of amides is 1. The molecular formula is C19H23N7O. The summed E-state index contributed by atoms with van der Waals surface area (Å²) in [5, 5.41) is 7.50. The zero-order valence-corrected chi connectivity index (χ0v) is 15.1. The molecule has 2 aromatic heterocycles. The van der Waals surface area contributed by atoms with Crippen molar-refractivity contribution < 1.29 is 8.91 Å². The van der Waals surface area contributed by atoms with Gasteiger partial charge in [0.25, 0.3) is 0 Å². The van der Waals surface area contributed by atoms with Crippen molar-refractivity contribution in [2.45, 2.75) is 0 Å². The lowest BCUT2D eigenvalue weighted by atomic mass is 10.1. The molecule has 8 nitrogen and oxygen atoms in total. The summed E-state index contributed by atoms with van der Waals surface area (Å²) in [6.07, 6.45) is 4.64. The number of carbonyl (C=O) groups excluding carboxylic acids is 1. The average molecular weight is 368 g/mol. The first kappa shape index (κ1) is 14.2. The lowest BCUT2D eigenvalue weighted by Crippen LogP contribution is -2.47. The number of nitrogens with zero attached hydrogens (tertiary/aromatic N) is 6. The van der Waals surface area contributed by atoms with Gasteiger partial charge in [-0.2, -0.15) is 5.10 Å². The Hall–Kier alpha value is -2.84. The van der Waals surface area contributed by atoms with Crippen LogP contribution in [0.25, 0.3) is 22.0 Å². The van der Waals surface area contributed by atoms with Crippen LogP contribution >= 0.6 is 0 Å². The Labute approximate surface area is 162 Å². The fourth-order valence-electron chi connectivity index (χ4n) is 3.11. The van der Waals surface area contributed by atoms with Gasteiger partial charge in [0, 0.05) is 60.6 Å².